The molecule has 0 aliphatic heterocycles. The van der Waals surface area contributed by atoms with Gasteiger partial charge in [-0.15, -0.1) is 0 Å². The van der Waals surface area contributed by atoms with Crippen molar-refractivity contribution in [1.82, 2.24) is 0 Å². The minimum Gasteiger partial charge on any atom is -0.870 e. The maximum atomic E-state index is 11.9. The van der Waals surface area contributed by atoms with Crippen molar-refractivity contribution in [3.8, 4) is 35.1 Å². The zero-order valence-electron chi connectivity index (χ0n) is 24.1. The van der Waals surface area contributed by atoms with Gasteiger partial charge >= 0.3 is 16.5 Å². The minimum atomic E-state index is -1.75. The van der Waals surface area contributed by atoms with Crippen LogP contribution in [0.5, 0.6) is 23.0 Å². The molecule has 2 rings (SSSR count). The van der Waals surface area contributed by atoms with Crippen molar-refractivity contribution in [1.29, 1.82) is 10.5 Å². The molecule has 0 spiro atoms. The summed E-state index contributed by atoms with van der Waals surface area (Å²) in [6.07, 6.45) is 3.81. The third kappa shape index (κ3) is 39.2. The van der Waals surface area contributed by atoms with Crippen LogP contribution in [-0.4, -0.2) is 55.0 Å². The maximum Gasteiger partial charge on any atom is 3.00 e. The van der Waals surface area contributed by atoms with Gasteiger partial charge < -0.3 is 65.7 Å². The van der Waals surface area contributed by atoms with E-state index in [4.69, 9.17) is 66.0 Å². The van der Waals surface area contributed by atoms with Gasteiger partial charge in [-0.25, -0.2) is 0 Å². The van der Waals surface area contributed by atoms with E-state index in [1.807, 2.05) is 0 Å². The number of methoxy groups -OCH3 is 2. The summed E-state index contributed by atoms with van der Waals surface area (Å²) >= 11 is 0. The predicted octanol–water partition coefficient (Wildman–Crippen LogP) is 2.12. The van der Waals surface area contributed by atoms with Gasteiger partial charge in [-0.2, -0.15) is 10.5 Å². The Morgan fingerprint density at radius 2 is 0.956 bits per heavy atom. The second kappa shape index (κ2) is 37.3. The first kappa shape index (κ1) is 52.9. The van der Waals surface area contributed by atoms with Gasteiger partial charge in [0.25, 0.3) is 0 Å². The molecule has 0 atom stereocenters. The van der Waals surface area contributed by atoms with E-state index in [0.29, 0.717) is 42.1 Å². The van der Waals surface area contributed by atoms with Crippen molar-refractivity contribution in [3.63, 3.8) is 0 Å². The van der Waals surface area contributed by atoms with Crippen LogP contribution in [0.2, 0.25) is 0 Å². The Bertz CT molecular complexity index is 1120. The fraction of sp³-hybridized carbons (Fsp3) is 0.304. The normalized spacial score (nSPS) is 8.22. The molecule has 0 amide bonds. The van der Waals surface area contributed by atoms with E-state index >= 15 is 0 Å². The van der Waals surface area contributed by atoms with Crippen molar-refractivity contribution in [2.24, 2.45) is 9.98 Å². The Hall–Kier alpha value is -4.75. The Morgan fingerprint density at radius 3 is 1.18 bits per heavy atom. The molecule has 0 fully saturated rings. The smallest absolute Gasteiger partial charge is 0.870 e. The summed E-state index contributed by atoms with van der Waals surface area (Å²) in [4.78, 5) is 33.2. The van der Waals surface area contributed by atoms with Crippen LogP contribution in [0.15, 0.2) is 46.4 Å². The third-order valence-corrected chi connectivity index (χ3v) is 3.49. The molecule has 0 aromatic heterocycles. The van der Waals surface area contributed by atoms with Gasteiger partial charge in [0.05, 0.1) is 41.6 Å². The van der Waals surface area contributed by atoms with Crippen molar-refractivity contribution in [3.05, 3.63) is 93.5 Å². The minimum absolute atomic E-state index is 0. The summed E-state index contributed by atoms with van der Waals surface area (Å²) < 4.78 is 9.97. The van der Waals surface area contributed by atoms with E-state index in [-0.39, 0.29) is 63.6 Å². The molecule has 20 nitrogen and oxygen atoms in total. The summed E-state index contributed by atoms with van der Waals surface area (Å²) in [5.74, 6) is 0.265. The Kier molecular flexibility index (Phi) is 43.8. The molecule has 45 heavy (non-hydrogen) atoms. The van der Waals surface area contributed by atoms with E-state index in [2.05, 4.69) is 9.98 Å². The Balaban J connectivity index is -0.000000157. The van der Waals surface area contributed by atoms with Crippen LogP contribution in [-0.2, 0) is 16.5 Å². The van der Waals surface area contributed by atoms with Gasteiger partial charge in [-0.1, -0.05) is 35.8 Å². The first-order chi connectivity index (χ1) is 20.2. The molecule has 0 saturated heterocycles. The summed E-state index contributed by atoms with van der Waals surface area (Å²) in [6, 6.07) is 13.6. The average molecular weight is 806 g/mol. The first-order valence-corrected chi connectivity index (χ1v) is 10.9. The topological polar surface area (TPSA) is 335 Å². The van der Waals surface area contributed by atoms with Crippen molar-refractivity contribution < 1.29 is 87.0 Å². The molecule has 246 valence electrons. The second-order valence-corrected chi connectivity index (χ2v) is 6.30. The van der Waals surface area contributed by atoms with Crippen molar-refractivity contribution in [2.45, 2.75) is 20.3 Å². The summed E-state index contributed by atoms with van der Waals surface area (Å²) in [5.41, 5.74) is 0.991. The van der Waals surface area contributed by atoms with Gasteiger partial charge in [0, 0.05) is 75.0 Å². The van der Waals surface area contributed by atoms with Crippen molar-refractivity contribution >= 4 is 12.4 Å². The zero-order valence-corrected chi connectivity index (χ0v) is 28.7. The third-order valence-electron chi connectivity index (χ3n) is 3.49. The van der Waals surface area contributed by atoms with Gasteiger partial charge in [0.2, 0.25) is 0 Å². The monoisotopic (exact) mass is 805 g/mol. The molecule has 0 N–H and O–H groups in total. The van der Waals surface area contributed by atoms with Crippen LogP contribution in [0, 0.1) is 104 Å². The molecule has 0 aliphatic rings. The van der Waals surface area contributed by atoms with Crippen LogP contribution in [0.3, 0.4) is 0 Å². The first-order valence-electron chi connectivity index (χ1n) is 10.9. The Labute approximate surface area is 294 Å². The average Bonchev–Trinajstić information content (AvgIpc) is 2.90. The van der Waals surface area contributed by atoms with Crippen LogP contribution in [0.25, 0.3) is 0 Å². The molecule has 22 heteroatoms. The SMILES string of the molecule is CC#N.CC#N.COc1cccc(C=NCCCN=Cc2cccc(OC)c2[O-])c1[O-].O=[N+]([O-])[O-].O=[N+]([O-])[O-].O=[N+]([O-])[O-].[La].[Ni+3]. The molecular weight excluding hydrogens is 780 g/mol. The zero-order chi connectivity index (χ0) is 34.2. The largest absolute Gasteiger partial charge is 3.00 e. The molecule has 0 saturated carbocycles. The van der Waals surface area contributed by atoms with E-state index in [1.165, 1.54) is 28.1 Å². The van der Waals surface area contributed by atoms with Gasteiger partial charge in [0.15, 0.2) is 0 Å². The number of hydrogen-bond donors (Lipinski definition) is 0. The summed E-state index contributed by atoms with van der Waals surface area (Å²) in [7, 11) is 2.93. The molecule has 2 radical (unpaired) electrons. The quantitative estimate of drug-likeness (QED) is 0.121. The molecule has 0 bridgehead atoms. The van der Waals surface area contributed by atoms with Gasteiger partial charge in [-0.3, -0.25) is 9.98 Å². The number of aliphatic imine (C=N–C) groups is 2. The number of rotatable bonds is 8. The molecule has 2 aromatic rings. The van der Waals surface area contributed by atoms with Crippen LogP contribution < -0.4 is 19.7 Å². The van der Waals surface area contributed by atoms with Gasteiger partial charge in [-0.05, 0) is 29.7 Å². The van der Waals surface area contributed by atoms with Crippen LogP contribution in [0.1, 0.15) is 31.4 Å². The fourth-order valence-corrected chi connectivity index (χ4v) is 2.17. The molecule has 2 aromatic carbocycles. The molecule has 0 heterocycles. The van der Waals surface area contributed by atoms with E-state index in [0.717, 1.165) is 0 Å². The van der Waals surface area contributed by atoms with E-state index in [9.17, 15) is 10.2 Å². The van der Waals surface area contributed by atoms with Gasteiger partial charge in [0.1, 0.15) is 11.5 Å². The number of hydrogen-bond acceptors (Lipinski definition) is 17. The summed E-state index contributed by atoms with van der Waals surface area (Å²) in [6.45, 7) is 3.94. The van der Waals surface area contributed by atoms with E-state index < -0.39 is 15.3 Å². The van der Waals surface area contributed by atoms with E-state index in [1.54, 1.807) is 61.0 Å². The molecular formula is C23H26LaN7NiO13-2. The second-order valence-electron chi connectivity index (χ2n) is 6.30. The maximum absolute atomic E-state index is 11.9. The number of nitrogens with zero attached hydrogens (tertiary/aromatic N) is 7. The Morgan fingerprint density at radius 1 is 0.711 bits per heavy atom. The standard InChI is InChI=1S/C19H22N2O4.2C2H3N.La.3NO3.Ni/c1-24-16-8-3-6-14(18(16)22)12-20-10-5-11-21-13-15-7-4-9-17(25-2)19(15)23;2*1-2-3;;3*2-1(3)4;/h3-4,6-9,12-13,22-23H,5,10-11H2,1-2H3;2*1H3;;;;;/q;;;;3*-1;+3/p-2. The summed E-state index contributed by atoms with van der Waals surface area (Å²) in [5, 5.41) is 82.7. The fourth-order valence-electron chi connectivity index (χ4n) is 2.17. The number of ether oxygens (including phenoxy) is 2. The number of benzene rings is 2. The number of nitriles is 2. The number of para-hydroxylation sites is 2. The predicted molar refractivity (Wildman–Crippen MR) is 148 cm³/mol. The van der Waals surface area contributed by atoms with Crippen LogP contribution >= 0.6 is 0 Å². The van der Waals surface area contributed by atoms with Crippen LogP contribution in [0.4, 0.5) is 0 Å². The molecule has 0 unspecified atom stereocenters. The molecule has 0 aliphatic carbocycles. The van der Waals surface area contributed by atoms with Crippen molar-refractivity contribution in [2.75, 3.05) is 27.3 Å².